The van der Waals surface area contributed by atoms with Crippen molar-refractivity contribution >= 4 is 11.8 Å². The van der Waals surface area contributed by atoms with Crippen molar-refractivity contribution in [3.63, 3.8) is 0 Å². The normalized spacial score (nSPS) is 20.6. The van der Waals surface area contributed by atoms with E-state index >= 15 is 0 Å². The highest BCUT2D eigenvalue weighted by atomic mass is 32.2. The van der Waals surface area contributed by atoms with Gasteiger partial charge in [0.1, 0.15) is 12.6 Å². The molecule has 0 saturated carbocycles. The van der Waals surface area contributed by atoms with Gasteiger partial charge in [-0.2, -0.15) is 11.8 Å². The van der Waals surface area contributed by atoms with Gasteiger partial charge in [0.05, 0.1) is 13.1 Å². The highest BCUT2D eigenvalue weighted by Gasteiger charge is 2.16. The molecule has 16 heavy (non-hydrogen) atoms. The molecule has 0 aromatic heterocycles. The van der Waals surface area contributed by atoms with Crippen LogP contribution in [-0.2, 0) is 0 Å². The Morgan fingerprint density at radius 3 is 2.50 bits per heavy atom. The van der Waals surface area contributed by atoms with Crippen LogP contribution >= 0.6 is 11.8 Å². The van der Waals surface area contributed by atoms with Crippen LogP contribution in [0.1, 0.15) is 45.4 Å². The minimum Gasteiger partial charge on any atom is -0.386 e. The number of hydrogen-bond donors (Lipinski definition) is 2. The van der Waals surface area contributed by atoms with Crippen LogP contribution < -0.4 is 4.90 Å². The number of unbranched alkanes of at least 4 members (excludes halogenated alkanes) is 1. The lowest BCUT2D eigenvalue weighted by Crippen LogP contribution is -3.13. The summed E-state index contributed by atoms with van der Waals surface area (Å²) in [5.74, 6) is 2.15. The van der Waals surface area contributed by atoms with E-state index in [2.05, 4.69) is 6.92 Å². The number of thioether (sulfide) groups is 1. The number of aliphatic hydroxyl groups is 1. The van der Waals surface area contributed by atoms with Gasteiger partial charge in [-0.1, -0.05) is 13.3 Å². The van der Waals surface area contributed by atoms with Gasteiger partial charge in [0.25, 0.3) is 0 Å². The molecule has 1 fully saturated rings. The van der Waals surface area contributed by atoms with Gasteiger partial charge in [0.15, 0.2) is 0 Å². The molecule has 1 rings (SSSR count). The fourth-order valence-corrected chi connectivity index (χ4v) is 3.34. The third kappa shape index (κ3) is 6.77. The van der Waals surface area contributed by atoms with Gasteiger partial charge < -0.3 is 10.0 Å². The summed E-state index contributed by atoms with van der Waals surface area (Å²) in [6.45, 7) is 5.74. The van der Waals surface area contributed by atoms with Crippen molar-refractivity contribution in [2.24, 2.45) is 0 Å². The summed E-state index contributed by atoms with van der Waals surface area (Å²) in [6.07, 6.45) is 7.95. The fourth-order valence-electron chi connectivity index (χ4n) is 2.29. The second-order valence-electron chi connectivity index (χ2n) is 4.95. The molecule has 0 aliphatic carbocycles. The molecule has 3 heteroatoms. The van der Waals surface area contributed by atoms with Gasteiger partial charge in [-0.15, -0.1) is 0 Å². The second kappa shape index (κ2) is 9.32. The maximum atomic E-state index is 9.95. The zero-order valence-corrected chi connectivity index (χ0v) is 11.5. The van der Waals surface area contributed by atoms with Crippen molar-refractivity contribution in [3.8, 4) is 0 Å². The van der Waals surface area contributed by atoms with Crippen LogP contribution in [0.15, 0.2) is 0 Å². The van der Waals surface area contributed by atoms with Gasteiger partial charge in [-0.05, 0) is 37.9 Å². The Hall–Kier alpha value is 0.270. The lowest BCUT2D eigenvalue weighted by atomic mass is 10.2. The van der Waals surface area contributed by atoms with Gasteiger partial charge in [0.2, 0.25) is 0 Å². The second-order valence-corrected chi connectivity index (χ2v) is 6.10. The van der Waals surface area contributed by atoms with E-state index in [9.17, 15) is 5.11 Å². The summed E-state index contributed by atoms with van der Waals surface area (Å²) < 4.78 is 0. The first-order chi connectivity index (χ1) is 7.83. The third-order valence-electron chi connectivity index (χ3n) is 3.29. The standard InChI is InChI=1S/C13H27NOS/c1-2-3-10-16-12-13(15)11-14-8-6-4-5-7-9-14/h13,15H,2-12H2,1H3/p+1/t13-/m0/s1. The van der Waals surface area contributed by atoms with Crippen molar-refractivity contribution in [1.29, 1.82) is 0 Å². The average Bonchev–Trinajstić information content (AvgIpc) is 2.53. The summed E-state index contributed by atoms with van der Waals surface area (Å²) in [5, 5.41) is 9.95. The SMILES string of the molecule is CCCCSC[C@@H](O)C[NH+]1CCCCCC1. The minimum absolute atomic E-state index is 0.0880. The lowest BCUT2D eigenvalue weighted by molar-refractivity contribution is -0.902. The Kier molecular flexibility index (Phi) is 8.34. The van der Waals surface area contributed by atoms with Crippen molar-refractivity contribution in [3.05, 3.63) is 0 Å². The van der Waals surface area contributed by atoms with Crippen LogP contribution in [-0.4, -0.2) is 42.4 Å². The zero-order valence-electron chi connectivity index (χ0n) is 10.7. The van der Waals surface area contributed by atoms with Gasteiger partial charge in [-0.3, -0.25) is 0 Å². The average molecular weight is 246 g/mol. The maximum absolute atomic E-state index is 9.95. The Balaban J connectivity index is 2.04. The van der Waals surface area contributed by atoms with Gasteiger partial charge in [-0.25, -0.2) is 0 Å². The number of nitrogens with one attached hydrogen (secondary N) is 1. The van der Waals surface area contributed by atoms with Crippen molar-refractivity contribution < 1.29 is 10.0 Å². The Labute approximate surface area is 105 Å². The number of aliphatic hydroxyl groups excluding tert-OH is 1. The van der Waals surface area contributed by atoms with E-state index < -0.39 is 0 Å². The molecule has 1 heterocycles. The predicted molar refractivity (Wildman–Crippen MR) is 72.3 cm³/mol. The molecule has 0 bridgehead atoms. The molecular formula is C13H28NOS+. The zero-order chi connectivity index (χ0) is 11.6. The van der Waals surface area contributed by atoms with Crippen molar-refractivity contribution in [2.75, 3.05) is 31.1 Å². The molecule has 0 amide bonds. The maximum Gasteiger partial charge on any atom is 0.112 e. The highest BCUT2D eigenvalue weighted by molar-refractivity contribution is 7.99. The van der Waals surface area contributed by atoms with E-state index in [-0.39, 0.29) is 6.10 Å². The van der Waals surface area contributed by atoms with E-state index in [0.29, 0.717) is 0 Å². The Morgan fingerprint density at radius 1 is 1.19 bits per heavy atom. The smallest absolute Gasteiger partial charge is 0.112 e. The molecule has 2 nitrogen and oxygen atoms in total. The van der Waals surface area contributed by atoms with E-state index in [0.717, 1.165) is 12.3 Å². The number of quaternary nitrogens is 1. The molecule has 96 valence electrons. The monoisotopic (exact) mass is 246 g/mol. The van der Waals surface area contributed by atoms with Crippen molar-refractivity contribution in [2.45, 2.75) is 51.6 Å². The Morgan fingerprint density at radius 2 is 1.88 bits per heavy atom. The number of likely N-dealkylation sites (tertiary alicyclic amines) is 1. The van der Waals surface area contributed by atoms with Gasteiger partial charge in [0, 0.05) is 5.75 Å². The summed E-state index contributed by atoms with van der Waals surface area (Å²) in [6, 6.07) is 0. The fraction of sp³-hybridized carbons (Fsp3) is 1.00. The van der Waals surface area contributed by atoms with E-state index in [1.165, 1.54) is 57.4 Å². The van der Waals surface area contributed by atoms with Gasteiger partial charge >= 0.3 is 0 Å². The summed E-state index contributed by atoms with van der Waals surface area (Å²) in [4.78, 5) is 1.63. The molecular weight excluding hydrogens is 218 g/mol. The van der Waals surface area contributed by atoms with Crippen LogP contribution in [0.4, 0.5) is 0 Å². The number of rotatable bonds is 7. The Bertz CT molecular complexity index is 158. The van der Waals surface area contributed by atoms with Crippen LogP contribution in [0.5, 0.6) is 0 Å². The molecule has 0 radical (unpaired) electrons. The first kappa shape index (κ1) is 14.3. The van der Waals surface area contributed by atoms with Crippen LogP contribution in [0.3, 0.4) is 0 Å². The first-order valence-electron chi connectivity index (χ1n) is 6.92. The molecule has 2 N–H and O–H groups in total. The third-order valence-corrected chi connectivity index (χ3v) is 4.49. The lowest BCUT2D eigenvalue weighted by Gasteiger charge is -2.20. The largest absolute Gasteiger partial charge is 0.386 e. The summed E-state index contributed by atoms with van der Waals surface area (Å²) in [7, 11) is 0. The van der Waals surface area contributed by atoms with E-state index in [4.69, 9.17) is 0 Å². The molecule has 0 spiro atoms. The molecule has 1 aliphatic heterocycles. The number of hydrogen-bond acceptors (Lipinski definition) is 2. The van der Waals surface area contributed by atoms with E-state index in [1.807, 2.05) is 11.8 Å². The minimum atomic E-state index is -0.0880. The topological polar surface area (TPSA) is 24.7 Å². The highest BCUT2D eigenvalue weighted by Crippen LogP contribution is 2.06. The molecule has 0 unspecified atom stereocenters. The van der Waals surface area contributed by atoms with Crippen LogP contribution in [0.2, 0.25) is 0 Å². The van der Waals surface area contributed by atoms with Crippen LogP contribution in [0.25, 0.3) is 0 Å². The quantitative estimate of drug-likeness (QED) is 0.663. The predicted octanol–water partition coefficient (Wildman–Crippen LogP) is 1.34. The van der Waals surface area contributed by atoms with Crippen LogP contribution in [0, 0.1) is 0 Å². The summed E-state index contributed by atoms with van der Waals surface area (Å²) >= 11 is 1.92. The van der Waals surface area contributed by atoms with E-state index in [1.54, 1.807) is 4.90 Å². The summed E-state index contributed by atoms with van der Waals surface area (Å²) in [5.41, 5.74) is 0. The molecule has 0 aromatic carbocycles. The molecule has 1 saturated heterocycles. The first-order valence-corrected chi connectivity index (χ1v) is 8.07. The van der Waals surface area contributed by atoms with Crippen molar-refractivity contribution in [1.82, 2.24) is 0 Å². The molecule has 0 aromatic rings. The molecule has 1 aliphatic rings. The molecule has 1 atom stereocenters.